The average molecular weight is 416 g/mol. The number of hydrogen-bond acceptors (Lipinski definition) is 4. The molecule has 1 unspecified atom stereocenters. The standard InChI is InChI=1S/C22H29FN4O3/c1-15(2)8-11-26-12-9-18(10-13-26)24-19(28)14-27-20(29)22(3,25-21(27)30)16-4-6-17(23)7-5-16/h4-8,18H,9-14H2,1-3H3,(H,24,28)(H,25,30). The van der Waals surface area contributed by atoms with Gasteiger partial charge in [-0.25, -0.2) is 9.18 Å². The predicted octanol–water partition coefficient (Wildman–Crippen LogP) is 2.14. The summed E-state index contributed by atoms with van der Waals surface area (Å²) in [5.74, 6) is -1.31. The van der Waals surface area contributed by atoms with Gasteiger partial charge in [0, 0.05) is 25.7 Å². The second-order valence-electron chi connectivity index (χ2n) is 8.38. The van der Waals surface area contributed by atoms with E-state index in [1.165, 1.54) is 29.8 Å². The third kappa shape index (κ3) is 4.87. The summed E-state index contributed by atoms with van der Waals surface area (Å²) in [7, 11) is 0. The van der Waals surface area contributed by atoms with Gasteiger partial charge in [-0.1, -0.05) is 23.8 Å². The summed E-state index contributed by atoms with van der Waals surface area (Å²) in [6.45, 7) is 8.06. The molecule has 0 saturated carbocycles. The van der Waals surface area contributed by atoms with Gasteiger partial charge < -0.3 is 10.6 Å². The van der Waals surface area contributed by atoms with E-state index in [4.69, 9.17) is 0 Å². The highest BCUT2D eigenvalue weighted by molar-refractivity contribution is 6.09. The van der Waals surface area contributed by atoms with Crippen LogP contribution in [0.15, 0.2) is 35.9 Å². The third-order valence-corrected chi connectivity index (χ3v) is 5.71. The van der Waals surface area contributed by atoms with Crippen LogP contribution < -0.4 is 10.6 Å². The summed E-state index contributed by atoms with van der Waals surface area (Å²) in [4.78, 5) is 41.0. The number of carbonyl (C=O) groups is 3. The van der Waals surface area contributed by atoms with Crippen LogP contribution in [0.3, 0.4) is 0 Å². The lowest BCUT2D eigenvalue weighted by Gasteiger charge is -2.32. The summed E-state index contributed by atoms with van der Waals surface area (Å²) in [5.41, 5.74) is 0.432. The minimum absolute atomic E-state index is 0.0321. The van der Waals surface area contributed by atoms with E-state index >= 15 is 0 Å². The molecule has 4 amide bonds. The first-order chi connectivity index (χ1) is 14.2. The molecule has 30 heavy (non-hydrogen) atoms. The Kier molecular flexibility index (Phi) is 6.55. The van der Waals surface area contributed by atoms with Crippen LogP contribution in [0, 0.1) is 5.82 Å². The van der Waals surface area contributed by atoms with Gasteiger partial charge >= 0.3 is 6.03 Å². The average Bonchev–Trinajstić information content (AvgIpc) is 2.92. The molecular weight excluding hydrogens is 387 g/mol. The number of benzene rings is 1. The predicted molar refractivity (Wildman–Crippen MR) is 111 cm³/mol. The minimum atomic E-state index is -1.32. The number of imide groups is 1. The maximum absolute atomic E-state index is 13.2. The van der Waals surface area contributed by atoms with Crippen molar-refractivity contribution in [1.82, 2.24) is 20.4 Å². The first-order valence-electron chi connectivity index (χ1n) is 10.2. The lowest BCUT2D eigenvalue weighted by Crippen LogP contribution is -2.48. The maximum Gasteiger partial charge on any atom is 0.325 e. The lowest BCUT2D eigenvalue weighted by atomic mass is 9.92. The Labute approximate surface area is 176 Å². The first kappa shape index (κ1) is 22.0. The Morgan fingerprint density at radius 1 is 1.23 bits per heavy atom. The number of likely N-dealkylation sites (tertiary alicyclic amines) is 1. The largest absolute Gasteiger partial charge is 0.352 e. The lowest BCUT2D eigenvalue weighted by molar-refractivity contribution is -0.135. The molecule has 2 fully saturated rings. The highest BCUT2D eigenvalue weighted by Gasteiger charge is 2.49. The fraction of sp³-hybridized carbons (Fsp3) is 0.500. The molecule has 0 aromatic heterocycles. The number of allylic oxidation sites excluding steroid dienone is 1. The second kappa shape index (κ2) is 8.95. The van der Waals surface area contributed by atoms with Crippen LogP contribution in [0.5, 0.6) is 0 Å². The first-order valence-corrected chi connectivity index (χ1v) is 10.2. The molecule has 7 nitrogen and oxygen atoms in total. The highest BCUT2D eigenvalue weighted by atomic mass is 19.1. The van der Waals surface area contributed by atoms with Crippen molar-refractivity contribution in [2.24, 2.45) is 0 Å². The third-order valence-electron chi connectivity index (χ3n) is 5.71. The van der Waals surface area contributed by atoms with Gasteiger partial charge in [0.2, 0.25) is 5.91 Å². The quantitative estimate of drug-likeness (QED) is 0.550. The van der Waals surface area contributed by atoms with Gasteiger partial charge in [-0.05, 0) is 51.3 Å². The number of hydrogen-bond donors (Lipinski definition) is 2. The van der Waals surface area contributed by atoms with Crippen LogP contribution in [0.1, 0.15) is 39.2 Å². The Hall–Kier alpha value is -2.74. The van der Waals surface area contributed by atoms with E-state index in [0.29, 0.717) is 5.56 Å². The SMILES string of the molecule is CC(C)=CCN1CCC(NC(=O)CN2C(=O)NC(C)(c3ccc(F)cc3)C2=O)CC1. The molecule has 0 radical (unpaired) electrons. The molecular formula is C22H29FN4O3. The Morgan fingerprint density at radius 2 is 1.87 bits per heavy atom. The summed E-state index contributed by atoms with van der Waals surface area (Å²) in [5, 5.41) is 5.57. The molecule has 2 aliphatic heterocycles. The zero-order chi connectivity index (χ0) is 21.9. The van der Waals surface area contributed by atoms with E-state index < -0.39 is 23.3 Å². The van der Waals surface area contributed by atoms with Crippen LogP contribution in [-0.4, -0.2) is 59.9 Å². The fourth-order valence-electron chi connectivity index (χ4n) is 3.81. The van der Waals surface area contributed by atoms with E-state index in [0.717, 1.165) is 37.4 Å². The molecule has 1 aromatic rings. The smallest absolute Gasteiger partial charge is 0.325 e. The molecule has 2 heterocycles. The zero-order valence-corrected chi connectivity index (χ0v) is 17.7. The van der Waals surface area contributed by atoms with Crippen molar-refractivity contribution in [2.75, 3.05) is 26.2 Å². The van der Waals surface area contributed by atoms with Gasteiger partial charge in [0.15, 0.2) is 0 Å². The van der Waals surface area contributed by atoms with Gasteiger partial charge in [0.05, 0.1) is 0 Å². The van der Waals surface area contributed by atoms with Crippen LogP contribution in [0.25, 0.3) is 0 Å². The number of nitrogens with zero attached hydrogens (tertiary/aromatic N) is 2. The second-order valence-corrected chi connectivity index (χ2v) is 8.38. The Bertz CT molecular complexity index is 842. The topological polar surface area (TPSA) is 81.8 Å². The van der Waals surface area contributed by atoms with Gasteiger partial charge in [-0.3, -0.25) is 19.4 Å². The Morgan fingerprint density at radius 3 is 2.47 bits per heavy atom. The fourth-order valence-corrected chi connectivity index (χ4v) is 3.81. The molecule has 2 aliphatic rings. The zero-order valence-electron chi connectivity index (χ0n) is 17.7. The van der Waals surface area contributed by atoms with Crippen molar-refractivity contribution < 1.29 is 18.8 Å². The van der Waals surface area contributed by atoms with Crippen molar-refractivity contribution in [2.45, 2.75) is 45.2 Å². The summed E-state index contributed by atoms with van der Waals surface area (Å²) in [6.07, 6.45) is 3.85. The molecule has 1 aromatic carbocycles. The minimum Gasteiger partial charge on any atom is -0.352 e. The molecule has 0 spiro atoms. The monoisotopic (exact) mass is 416 g/mol. The van der Waals surface area contributed by atoms with Crippen molar-refractivity contribution >= 4 is 17.8 Å². The summed E-state index contributed by atoms with van der Waals surface area (Å²) in [6, 6.07) is 4.79. The van der Waals surface area contributed by atoms with Crippen LogP contribution in [0.2, 0.25) is 0 Å². The molecule has 162 valence electrons. The van der Waals surface area contributed by atoms with E-state index in [1.54, 1.807) is 6.92 Å². The molecule has 0 bridgehead atoms. The molecule has 8 heteroatoms. The van der Waals surface area contributed by atoms with Crippen LogP contribution in [-0.2, 0) is 15.1 Å². The maximum atomic E-state index is 13.2. The number of piperidine rings is 1. The van der Waals surface area contributed by atoms with Gasteiger partial charge in [0.25, 0.3) is 5.91 Å². The number of carbonyl (C=O) groups excluding carboxylic acids is 3. The number of nitrogens with one attached hydrogen (secondary N) is 2. The van der Waals surface area contributed by atoms with E-state index in [1.807, 2.05) is 0 Å². The van der Waals surface area contributed by atoms with E-state index in [2.05, 4.69) is 35.5 Å². The van der Waals surface area contributed by atoms with E-state index in [9.17, 15) is 18.8 Å². The van der Waals surface area contributed by atoms with Crippen LogP contribution >= 0.6 is 0 Å². The molecule has 2 N–H and O–H groups in total. The Balaban J connectivity index is 1.54. The van der Waals surface area contributed by atoms with Crippen molar-refractivity contribution in [1.29, 1.82) is 0 Å². The van der Waals surface area contributed by atoms with Crippen molar-refractivity contribution in [3.8, 4) is 0 Å². The van der Waals surface area contributed by atoms with Crippen molar-refractivity contribution in [3.63, 3.8) is 0 Å². The number of rotatable bonds is 6. The van der Waals surface area contributed by atoms with Crippen molar-refractivity contribution in [3.05, 3.63) is 47.3 Å². The molecule has 0 aliphatic carbocycles. The molecule has 2 saturated heterocycles. The number of urea groups is 1. The van der Waals surface area contributed by atoms with Gasteiger partial charge in [0.1, 0.15) is 17.9 Å². The normalized spacial score (nSPS) is 22.7. The van der Waals surface area contributed by atoms with Crippen LogP contribution in [0.4, 0.5) is 9.18 Å². The summed E-state index contributed by atoms with van der Waals surface area (Å²) >= 11 is 0. The number of amides is 4. The van der Waals surface area contributed by atoms with E-state index in [-0.39, 0.29) is 18.5 Å². The highest BCUT2D eigenvalue weighted by Crippen LogP contribution is 2.28. The van der Waals surface area contributed by atoms with Gasteiger partial charge in [-0.2, -0.15) is 0 Å². The molecule has 3 rings (SSSR count). The van der Waals surface area contributed by atoms with Gasteiger partial charge in [-0.15, -0.1) is 0 Å². The molecule has 1 atom stereocenters. The summed E-state index contributed by atoms with van der Waals surface area (Å²) < 4.78 is 13.2. The number of halogens is 1.